The Balaban J connectivity index is 1.95. The van der Waals surface area contributed by atoms with Crippen LogP contribution < -0.4 is 4.90 Å². The maximum absolute atomic E-state index is 5.88. The number of nitrogens with zero attached hydrogens (tertiary/aromatic N) is 4. The number of anilines is 1. The first-order valence-electron chi connectivity index (χ1n) is 6.17. The molecule has 4 nitrogen and oxygen atoms in total. The third-order valence-corrected chi connectivity index (χ3v) is 3.68. The van der Waals surface area contributed by atoms with Crippen LogP contribution in [0.5, 0.6) is 0 Å². The van der Waals surface area contributed by atoms with Crippen LogP contribution in [0, 0.1) is 0 Å². The van der Waals surface area contributed by atoms with Crippen LogP contribution >= 0.6 is 11.6 Å². The van der Waals surface area contributed by atoms with Crippen LogP contribution in [0.3, 0.4) is 0 Å². The van der Waals surface area contributed by atoms with Gasteiger partial charge in [0.2, 0.25) is 0 Å². The quantitative estimate of drug-likeness (QED) is 0.773. The number of aromatic nitrogens is 2. The van der Waals surface area contributed by atoms with Crippen molar-refractivity contribution >= 4 is 17.4 Å². The number of hydrogen-bond donors (Lipinski definition) is 0. The van der Waals surface area contributed by atoms with Crippen molar-refractivity contribution in [2.75, 3.05) is 31.1 Å². The van der Waals surface area contributed by atoms with Gasteiger partial charge < -0.3 is 4.90 Å². The van der Waals surface area contributed by atoms with E-state index in [4.69, 9.17) is 11.6 Å². The molecule has 1 aromatic rings. The minimum atomic E-state index is 0.513. The predicted molar refractivity (Wildman–Crippen MR) is 70.6 cm³/mol. The Kier molecular flexibility index (Phi) is 4.18. The molecule has 1 fully saturated rings. The van der Waals surface area contributed by atoms with Gasteiger partial charge in [-0.15, -0.1) is 0 Å². The molecule has 1 atom stereocenters. The van der Waals surface area contributed by atoms with E-state index < -0.39 is 0 Å². The maximum atomic E-state index is 5.88. The van der Waals surface area contributed by atoms with Crippen molar-refractivity contribution in [2.45, 2.75) is 26.3 Å². The first kappa shape index (κ1) is 12.6. The van der Waals surface area contributed by atoms with Gasteiger partial charge >= 0.3 is 0 Å². The normalized spacial score (nSPS) is 19.4. The highest BCUT2D eigenvalue weighted by Gasteiger charge is 2.20. The average molecular weight is 255 g/mol. The lowest BCUT2D eigenvalue weighted by atomic mass is 10.2. The molecule has 0 bridgehead atoms. The third kappa shape index (κ3) is 3.07. The molecule has 0 N–H and O–H groups in total. The van der Waals surface area contributed by atoms with E-state index >= 15 is 0 Å². The highest BCUT2D eigenvalue weighted by atomic mass is 35.5. The molecular weight excluding hydrogens is 236 g/mol. The van der Waals surface area contributed by atoms with Crippen LogP contribution in [0.1, 0.15) is 20.3 Å². The van der Waals surface area contributed by atoms with Gasteiger partial charge in [-0.2, -0.15) is 0 Å². The molecule has 94 valence electrons. The second kappa shape index (κ2) is 5.65. The van der Waals surface area contributed by atoms with Crippen molar-refractivity contribution in [3.8, 4) is 0 Å². The van der Waals surface area contributed by atoms with Gasteiger partial charge in [-0.3, -0.25) is 4.90 Å². The first-order chi connectivity index (χ1) is 8.20. The molecule has 1 aromatic heterocycles. The Hall–Kier alpha value is -0.870. The van der Waals surface area contributed by atoms with Crippen molar-refractivity contribution < 1.29 is 0 Å². The molecule has 0 amide bonds. The van der Waals surface area contributed by atoms with E-state index in [0.717, 1.165) is 32.0 Å². The van der Waals surface area contributed by atoms with Crippen LogP contribution in [0.4, 0.5) is 5.82 Å². The van der Waals surface area contributed by atoms with Crippen LogP contribution in [-0.4, -0.2) is 47.1 Å². The number of hydrogen-bond acceptors (Lipinski definition) is 4. The Morgan fingerprint density at radius 2 is 2.00 bits per heavy atom. The minimum absolute atomic E-state index is 0.513. The van der Waals surface area contributed by atoms with Crippen molar-refractivity contribution in [1.29, 1.82) is 0 Å². The summed E-state index contributed by atoms with van der Waals surface area (Å²) in [4.78, 5) is 13.0. The summed E-state index contributed by atoms with van der Waals surface area (Å²) in [6.45, 7) is 8.74. The van der Waals surface area contributed by atoms with E-state index in [1.165, 1.54) is 12.7 Å². The molecule has 5 heteroatoms. The number of rotatable bonds is 3. The Labute approximate surface area is 108 Å². The van der Waals surface area contributed by atoms with E-state index in [1.807, 2.05) is 6.07 Å². The highest BCUT2D eigenvalue weighted by Crippen LogP contribution is 2.17. The molecule has 1 aliphatic heterocycles. The average Bonchev–Trinajstić information content (AvgIpc) is 2.38. The summed E-state index contributed by atoms with van der Waals surface area (Å²) >= 11 is 5.88. The maximum Gasteiger partial charge on any atom is 0.134 e. The van der Waals surface area contributed by atoms with Gasteiger partial charge in [0.25, 0.3) is 0 Å². The highest BCUT2D eigenvalue weighted by molar-refractivity contribution is 6.29. The summed E-state index contributed by atoms with van der Waals surface area (Å²) in [5.74, 6) is 0.939. The third-order valence-electron chi connectivity index (χ3n) is 3.47. The van der Waals surface area contributed by atoms with Crippen LogP contribution in [0.25, 0.3) is 0 Å². The standard InChI is InChI=1S/C12H19ClN4/c1-3-10(2)16-4-6-17(7-5-16)12-8-11(13)14-9-15-12/h8-10H,3-7H2,1-2H3. The zero-order chi connectivity index (χ0) is 12.3. The summed E-state index contributed by atoms with van der Waals surface area (Å²) in [6, 6.07) is 2.51. The molecule has 1 unspecified atom stereocenters. The van der Waals surface area contributed by atoms with E-state index in [2.05, 4.69) is 33.6 Å². The minimum Gasteiger partial charge on any atom is -0.354 e. The van der Waals surface area contributed by atoms with Gasteiger partial charge in [-0.1, -0.05) is 18.5 Å². The summed E-state index contributed by atoms with van der Waals surface area (Å²) in [5.41, 5.74) is 0. The van der Waals surface area contributed by atoms with Gasteiger partial charge in [0.15, 0.2) is 0 Å². The molecule has 1 aliphatic rings. The van der Waals surface area contributed by atoms with Crippen molar-refractivity contribution in [2.24, 2.45) is 0 Å². The molecule has 2 heterocycles. The van der Waals surface area contributed by atoms with Crippen LogP contribution in [0.2, 0.25) is 5.15 Å². The smallest absolute Gasteiger partial charge is 0.134 e. The molecule has 0 aromatic carbocycles. The van der Waals surface area contributed by atoms with E-state index in [1.54, 1.807) is 0 Å². The molecule has 0 spiro atoms. The Morgan fingerprint density at radius 1 is 1.29 bits per heavy atom. The summed E-state index contributed by atoms with van der Waals surface area (Å²) in [6.07, 6.45) is 2.73. The van der Waals surface area contributed by atoms with Gasteiger partial charge in [0.05, 0.1) is 0 Å². The molecule has 0 radical (unpaired) electrons. The van der Waals surface area contributed by atoms with Gasteiger partial charge in [-0.25, -0.2) is 9.97 Å². The van der Waals surface area contributed by atoms with Crippen LogP contribution in [0.15, 0.2) is 12.4 Å². The molecule has 2 rings (SSSR count). The largest absolute Gasteiger partial charge is 0.354 e. The van der Waals surface area contributed by atoms with Gasteiger partial charge in [0.1, 0.15) is 17.3 Å². The fourth-order valence-corrected chi connectivity index (χ4v) is 2.29. The lowest BCUT2D eigenvalue weighted by molar-refractivity contribution is 0.192. The number of piperazine rings is 1. The second-order valence-electron chi connectivity index (χ2n) is 4.48. The van der Waals surface area contributed by atoms with Crippen molar-refractivity contribution in [3.63, 3.8) is 0 Å². The Morgan fingerprint density at radius 3 is 2.59 bits per heavy atom. The lowest BCUT2D eigenvalue weighted by Gasteiger charge is -2.38. The van der Waals surface area contributed by atoms with E-state index in [-0.39, 0.29) is 0 Å². The number of halogens is 1. The summed E-state index contributed by atoms with van der Waals surface area (Å²) in [5, 5.41) is 0.513. The molecular formula is C12H19ClN4. The zero-order valence-corrected chi connectivity index (χ0v) is 11.2. The monoisotopic (exact) mass is 254 g/mol. The van der Waals surface area contributed by atoms with Crippen molar-refractivity contribution in [1.82, 2.24) is 14.9 Å². The van der Waals surface area contributed by atoms with Gasteiger partial charge in [-0.05, 0) is 13.3 Å². The fraction of sp³-hybridized carbons (Fsp3) is 0.667. The molecule has 0 saturated carbocycles. The Bertz CT molecular complexity index is 363. The zero-order valence-electron chi connectivity index (χ0n) is 10.4. The molecule has 1 saturated heterocycles. The van der Waals surface area contributed by atoms with Crippen molar-refractivity contribution in [3.05, 3.63) is 17.5 Å². The van der Waals surface area contributed by atoms with E-state index in [0.29, 0.717) is 11.2 Å². The fourth-order valence-electron chi connectivity index (χ4n) is 2.15. The molecule has 17 heavy (non-hydrogen) atoms. The predicted octanol–water partition coefficient (Wildman–Crippen LogP) is 2.05. The van der Waals surface area contributed by atoms with E-state index in [9.17, 15) is 0 Å². The first-order valence-corrected chi connectivity index (χ1v) is 6.55. The van der Waals surface area contributed by atoms with Crippen LogP contribution in [-0.2, 0) is 0 Å². The summed E-state index contributed by atoms with van der Waals surface area (Å²) in [7, 11) is 0. The van der Waals surface area contributed by atoms with Gasteiger partial charge in [0, 0.05) is 38.3 Å². The second-order valence-corrected chi connectivity index (χ2v) is 4.87. The SMILES string of the molecule is CCC(C)N1CCN(c2cc(Cl)ncn2)CC1. The summed E-state index contributed by atoms with van der Waals surface area (Å²) < 4.78 is 0. The topological polar surface area (TPSA) is 32.3 Å². The molecule has 0 aliphatic carbocycles. The lowest BCUT2D eigenvalue weighted by Crippen LogP contribution is -2.49.